The van der Waals surface area contributed by atoms with Crippen LogP contribution in [0.5, 0.6) is 5.75 Å². The highest BCUT2D eigenvalue weighted by atomic mass is 19.1. The van der Waals surface area contributed by atoms with Gasteiger partial charge in [0.2, 0.25) is 5.95 Å². The molecule has 0 amide bonds. The van der Waals surface area contributed by atoms with Crippen LogP contribution >= 0.6 is 0 Å². The normalized spacial score (nSPS) is 16.2. The summed E-state index contributed by atoms with van der Waals surface area (Å²) in [5.41, 5.74) is 3.46. The molecule has 0 radical (unpaired) electrons. The van der Waals surface area contributed by atoms with Crippen LogP contribution in [-0.4, -0.2) is 52.2 Å². The van der Waals surface area contributed by atoms with Crippen LogP contribution in [0.25, 0.3) is 22.3 Å². The van der Waals surface area contributed by atoms with Gasteiger partial charge < -0.3 is 25.3 Å². The van der Waals surface area contributed by atoms with Crippen LogP contribution < -0.4 is 20.3 Å². The van der Waals surface area contributed by atoms with Crippen molar-refractivity contribution in [1.82, 2.24) is 25.3 Å². The number of imidazole rings is 1. The summed E-state index contributed by atoms with van der Waals surface area (Å²) in [5.74, 6) is 0.642. The van der Waals surface area contributed by atoms with Gasteiger partial charge in [-0.1, -0.05) is 0 Å². The molecule has 0 saturated carbocycles. The number of anilines is 3. The van der Waals surface area contributed by atoms with E-state index < -0.39 is 11.6 Å². The van der Waals surface area contributed by atoms with Crippen molar-refractivity contribution < 1.29 is 13.5 Å². The lowest BCUT2D eigenvalue weighted by Gasteiger charge is -2.34. The molecule has 3 N–H and O–H groups in total. The Hall–Kier alpha value is -3.79. The van der Waals surface area contributed by atoms with E-state index in [1.54, 1.807) is 6.07 Å². The molecular weight excluding hydrogens is 476 g/mol. The lowest BCUT2D eigenvalue weighted by molar-refractivity contribution is 0.287. The lowest BCUT2D eigenvalue weighted by Crippen LogP contribution is -2.38. The minimum atomic E-state index is -0.632. The maximum atomic E-state index is 15.0. The number of nitrogens with one attached hydrogen (secondary N) is 3. The number of piperidine rings is 1. The van der Waals surface area contributed by atoms with E-state index in [4.69, 9.17) is 9.72 Å². The van der Waals surface area contributed by atoms with E-state index in [9.17, 15) is 8.78 Å². The standard InChI is InChI=1S/C27H29F2N7O/c1-15(2)36-9-10-37-25-19(28)11-17(12-23(25)36)24-20(29)14-31-27(35-24)32-18-3-4-21-22(13-18)34-26(33-21)16-5-7-30-8-6-16/h3-4,11-16,30H,5-10H2,1-2H3,(H,33,34)(H,31,32,35). The fourth-order valence-corrected chi connectivity index (χ4v) is 5.13. The molecule has 2 aromatic carbocycles. The number of aromatic nitrogens is 4. The molecule has 0 unspecified atom stereocenters. The van der Waals surface area contributed by atoms with Crippen LogP contribution in [0.1, 0.15) is 38.4 Å². The number of benzene rings is 2. The van der Waals surface area contributed by atoms with Gasteiger partial charge in [-0.05, 0) is 70.1 Å². The largest absolute Gasteiger partial charge is 0.486 e. The molecule has 1 fully saturated rings. The van der Waals surface area contributed by atoms with E-state index in [2.05, 4.69) is 25.6 Å². The third-order valence-corrected chi connectivity index (χ3v) is 7.04. The van der Waals surface area contributed by atoms with Gasteiger partial charge in [-0.2, -0.15) is 0 Å². The molecule has 1 saturated heterocycles. The zero-order valence-corrected chi connectivity index (χ0v) is 20.8. The average molecular weight is 506 g/mol. The van der Waals surface area contributed by atoms with Crippen LogP contribution in [-0.2, 0) is 0 Å². The molecule has 37 heavy (non-hydrogen) atoms. The topological polar surface area (TPSA) is 91.0 Å². The number of fused-ring (bicyclic) bond motifs is 2. The highest BCUT2D eigenvalue weighted by molar-refractivity contribution is 5.80. The summed E-state index contributed by atoms with van der Waals surface area (Å²) in [6, 6.07) is 8.89. The van der Waals surface area contributed by atoms with E-state index in [0.717, 1.165) is 54.7 Å². The molecule has 0 aliphatic carbocycles. The summed E-state index contributed by atoms with van der Waals surface area (Å²) < 4.78 is 35.4. The molecule has 0 atom stereocenters. The second-order valence-corrected chi connectivity index (χ2v) is 9.84. The van der Waals surface area contributed by atoms with Gasteiger partial charge in [0.25, 0.3) is 0 Å². The summed E-state index contributed by atoms with van der Waals surface area (Å²) in [6.07, 6.45) is 3.21. The minimum Gasteiger partial charge on any atom is -0.486 e. The molecule has 0 bridgehead atoms. The predicted octanol–water partition coefficient (Wildman–Crippen LogP) is 5.12. The van der Waals surface area contributed by atoms with E-state index >= 15 is 0 Å². The SMILES string of the molecule is CC(C)N1CCOc2c(F)cc(-c3nc(Nc4ccc5[nH]c(C6CCNCC6)nc5c4)ncc3F)cc21. The first kappa shape index (κ1) is 23.6. The number of hydrogen-bond donors (Lipinski definition) is 3. The van der Waals surface area contributed by atoms with Crippen LogP contribution in [0.3, 0.4) is 0 Å². The van der Waals surface area contributed by atoms with E-state index in [1.165, 1.54) is 6.07 Å². The monoisotopic (exact) mass is 505 g/mol. The number of rotatable bonds is 5. The number of nitrogens with zero attached hydrogens (tertiary/aromatic N) is 4. The first-order chi connectivity index (χ1) is 18.0. The number of hydrogen-bond acceptors (Lipinski definition) is 7. The van der Waals surface area contributed by atoms with Gasteiger partial charge in [0, 0.05) is 23.2 Å². The Balaban J connectivity index is 1.30. The Morgan fingerprint density at radius 3 is 2.73 bits per heavy atom. The zero-order chi connectivity index (χ0) is 25.5. The first-order valence-corrected chi connectivity index (χ1v) is 12.7. The molecule has 2 aliphatic rings. The maximum absolute atomic E-state index is 15.0. The Bertz CT molecular complexity index is 1450. The summed E-state index contributed by atoms with van der Waals surface area (Å²) in [5, 5.41) is 6.52. The van der Waals surface area contributed by atoms with Crippen molar-refractivity contribution in [3.63, 3.8) is 0 Å². The van der Waals surface area contributed by atoms with Gasteiger partial charge in [-0.3, -0.25) is 0 Å². The fraction of sp³-hybridized carbons (Fsp3) is 0.370. The van der Waals surface area contributed by atoms with Crippen molar-refractivity contribution in [2.75, 3.05) is 36.5 Å². The van der Waals surface area contributed by atoms with Gasteiger partial charge in [-0.15, -0.1) is 0 Å². The minimum absolute atomic E-state index is 0.0162. The molecule has 8 nitrogen and oxygen atoms in total. The molecule has 192 valence electrons. The fourth-order valence-electron chi connectivity index (χ4n) is 5.13. The average Bonchev–Trinajstić information content (AvgIpc) is 3.33. The van der Waals surface area contributed by atoms with Crippen molar-refractivity contribution in [3.05, 3.63) is 54.0 Å². The van der Waals surface area contributed by atoms with Crippen LogP contribution in [0.2, 0.25) is 0 Å². The van der Waals surface area contributed by atoms with Gasteiger partial charge >= 0.3 is 0 Å². The van der Waals surface area contributed by atoms with Gasteiger partial charge in [-0.25, -0.2) is 23.7 Å². The molecule has 6 rings (SSSR count). The third-order valence-electron chi connectivity index (χ3n) is 7.04. The molecule has 0 spiro atoms. The van der Waals surface area contributed by atoms with Crippen LogP contribution in [0.4, 0.5) is 26.1 Å². The van der Waals surface area contributed by atoms with Gasteiger partial charge in [0.05, 0.1) is 29.5 Å². The molecule has 10 heteroatoms. The van der Waals surface area contributed by atoms with Gasteiger partial charge in [0.1, 0.15) is 18.1 Å². The second-order valence-electron chi connectivity index (χ2n) is 9.84. The molecule has 2 aromatic heterocycles. The smallest absolute Gasteiger partial charge is 0.227 e. The number of aromatic amines is 1. The van der Waals surface area contributed by atoms with Crippen molar-refractivity contribution in [3.8, 4) is 17.0 Å². The second kappa shape index (κ2) is 9.59. The van der Waals surface area contributed by atoms with Crippen LogP contribution in [0.15, 0.2) is 36.5 Å². The first-order valence-electron chi connectivity index (χ1n) is 12.7. The number of H-pyrrole nitrogens is 1. The van der Waals surface area contributed by atoms with Gasteiger partial charge in [0.15, 0.2) is 17.4 Å². The number of ether oxygens (including phenoxy) is 1. The Morgan fingerprint density at radius 2 is 1.92 bits per heavy atom. The zero-order valence-electron chi connectivity index (χ0n) is 20.8. The van der Waals surface area contributed by atoms with Crippen molar-refractivity contribution in [2.45, 2.75) is 38.6 Å². The van der Waals surface area contributed by atoms with E-state index in [-0.39, 0.29) is 23.4 Å². The predicted molar refractivity (Wildman–Crippen MR) is 140 cm³/mol. The lowest BCUT2D eigenvalue weighted by atomic mass is 9.98. The van der Waals surface area contributed by atoms with Crippen molar-refractivity contribution in [1.29, 1.82) is 0 Å². The summed E-state index contributed by atoms with van der Waals surface area (Å²) in [6.45, 7) is 7.07. The Morgan fingerprint density at radius 1 is 1.08 bits per heavy atom. The molecule has 4 heterocycles. The highest BCUT2D eigenvalue weighted by Gasteiger charge is 2.26. The third kappa shape index (κ3) is 4.57. The summed E-state index contributed by atoms with van der Waals surface area (Å²) in [4.78, 5) is 18.8. The quantitative estimate of drug-likeness (QED) is 0.347. The van der Waals surface area contributed by atoms with Crippen molar-refractivity contribution in [2.24, 2.45) is 0 Å². The Labute approximate surface area is 213 Å². The number of halogens is 2. The van der Waals surface area contributed by atoms with Crippen LogP contribution in [0, 0.1) is 11.6 Å². The van der Waals surface area contributed by atoms with Crippen molar-refractivity contribution >= 4 is 28.4 Å². The summed E-state index contributed by atoms with van der Waals surface area (Å²) >= 11 is 0. The highest BCUT2D eigenvalue weighted by Crippen LogP contribution is 2.39. The molecule has 2 aliphatic heterocycles. The molecule has 4 aromatic rings. The Kier molecular flexibility index (Phi) is 6.11. The van der Waals surface area contributed by atoms with E-state index in [1.807, 2.05) is 36.9 Å². The maximum Gasteiger partial charge on any atom is 0.227 e. The summed E-state index contributed by atoms with van der Waals surface area (Å²) in [7, 11) is 0. The van der Waals surface area contributed by atoms with E-state index in [0.29, 0.717) is 30.3 Å². The molecular formula is C27H29F2N7O.